The summed E-state index contributed by atoms with van der Waals surface area (Å²) in [6, 6.07) is 20.4. The Labute approximate surface area is 150 Å². The molecule has 0 fully saturated rings. The summed E-state index contributed by atoms with van der Waals surface area (Å²) in [6.07, 6.45) is 3.71. The van der Waals surface area contributed by atoms with Gasteiger partial charge in [-0.05, 0) is 30.7 Å². The fourth-order valence-corrected chi connectivity index (χ4v) is 3.27. The van der Waals surface area contributed by atoms with Crippen molar-refractivity contribution < 1.29 is 0 Å². The molecule has 1 N–H and O–H groups in total. The maximum atomic E-state index is 4.59. The molecule has 0 radical (unpaired) electrons. The van der Waals surface area contributed by atoms with Crippen molar-refractivity contribution >= 4 is 16.7 Å². The van der Waals surface area contributed by atoms with Crippen LogP contribution in [-0.2, 0) is 0 Å². The summed E-state index contributed by atoms with van der Waals surface area (Å²) in [6.45, 7) is 2.12. The molecule has 2 aromatic heterocycles. The second-order valence-electron chi connectivity index (χ2n) is 5.70. The number of rotatable bonds is 5. The molecule has 5 nitrogen and oxygen atoms in total. The Kier molecular flexibility index (Phi) is 4.26. The Morgan fingerprint density at radius 1 is 1.00 bits per heavy atom. The number of nitrogens with zero attached hydrogens (tertiary/aromatic N) is 4. The van der Waals surface area contributed by atoms with E-state index in [1.54, 1.807) is 6.20 Å². The molecule has 2 aromatic carbocycles. The number of aromatic nitrogens is 4. The molecule has 124 valence electrons. The SMILES string of the molecule is CC(Nc1nc(-c2ccccc2)ns1)c1ccc(-n2cccn2)cc1. The van der Waals surface area contributed by atoms with Crippen LogP contribution in [0.1, 0.15) is 18.5 Å². The van der Waals surface area contributed by atoms with Gasteiger partial charge >= 0.3 is 0 Å². The van der Waals surface area contributed by atoms with Crippen LogP contribution in [0.25, 0.3) is 17.1 Å². The Morgan fingerprint density at radius 2 is 1.80 bits per heavy atom. The van der Waals surface area contributed by atoms with Crippen LogP contribution < -0.4 is 5.32 Å². The number of benzene rings is 2. The normalized spacial score (nSPS) is 12.0. The molecule has 1 atom stereocenters. The lowest BCUT2D eigenvalue weighted by Gasteiger charge is -2.13. The van der Waals surface area contributed by atoms with Crippen LogP contribution >= 0.6 is 11.5 Å². The first-order valence-corrected chi connectivity index (χ1v) is 8.82. The van der Waals surface area contributed by atoms with Gasteiger partial charge in [0.1, 0.15) is 0 Å². The molecule has 0 bridgehead atoms. The molecule has 4 rings (SSSR count). The van der Waals surface area contributed by atoms with E-state index >= 15 is 0 Å². The van der Waals surface area contributed by atoms with Crippen molar-refractivity contribution in [1.29, 1.82) is 0 Å². The van der Waals surface area contributed by atoms with E-state index in [1.165, 1.54) is 17.1 Å². The van der Waals surface area contributed by atoms with E-state index in [-0.39, 0.29) is 6.04 Å². The van der Waals surface area contributed by atoms with Crippen molar-refractivity contribution in [1.82, 2.24) is 19.1 Å². The summed E-state index contributed by atoms with van der Waals surface area (Å²) >= 11 is 1.38. The summed E-state index contributed by atoms with van der Waals surface area (Å²) in [5.74, 6) is 0.759. The summed E-state index contributed by atoms with van der Waals surface area (Å²) in [5, 5.41) is 8.49. The van der Waals surface area contributed by atoms with Gasteiger partial charge in [0.15, 0.2) is 5.82 Å². The summed E-state index contributed by atoms with van der Waals surface area (Å²) < 4.78 is 6.28. The first-order valence-electron chi connectivity index (χ1n) is 8.05. The lowest BCUT2D eigenvalue weighted by molar-refractivity contribution is 0.862. The predicted molar refractivity (Wildman–Crippen MR) is 101 cm³/mol. The van der Waals surface area contributed by atoms with Crippen molar-refractivity contribution in [2.24, 2.45) is 0 Å². The number of anilines is 1. The third-order valence-corrected chi connectivity index (χ3v) is 4.61. The van der Waals surface area contributed by atoms with E-state index in [0.29, 0.717) is 0 Å². The van der Waals surface area contributed by atoms with E-state index in [0.717, 1.165) is 22.2 Å². The minimum atomic E-state index is 0.142. The number of nitrogens with one attached hydrogen (secondary N) is 1. The molecule has 2 heterocycles. The molecular formula is C19H17N5S. The summed E-state index contributed by atoms with van der Waals surface area (Å²) in [7, 11) is 0. The van der Waals surface area contributed by atoms with Crippen LogP contribution in [0.5, 0.6) is 0 Å². The van der Waals surface area contributed by atoms with E-state index in [1.807, 2.05) is 47.3 Å². The predicted octanol–water partition coefficient (Wildman–Crippen LogP) is 4.56. The van der Waals surface area contributed by atoms with Gasteiger partial charge in [-0.1, -0.05) is 42.5 Å². The fraction of sp³-hybridized carbons (Fsp3) is 0.105. The highest BCUT2D eigenvalue weighted by Crippen LogP contribution is 2.25. The number of hydrogen-bond donors (Lipinski definition) is 1. The molecule has 0 amide bonds. The van der Waals surface area contributed by atoms with Gasteiger partial charge in [-0.2, -0.15) is 14.5 Å². The quantitative estimate of drug-likeness (QED) is 0.575. The minimum absolute atomic E-state index is 0.142. The average Bonchev–Trinajstić information content (AvgIpc) is 3.35. The first-order chi connectivity index (χ1) is 12.3. The van der Waals surface area contributed by atoms with Crippen molar-refractivity contribution in [3.63, 3.8) is 0 Å². The zero-order chi connectivity index (χ0) is 17.1. The van der Waals surface area contributed by atoms with E-state index in [9.17, 15) is 0 Å². The molecule has 1 unspecified atom stereocenters. The molecule has 4 aromatic rings. The van der Waals surface area contributed by atoms with Gasteiger partial charge in [0.25, 0.3) is 0 Å². The van der Waals surface area contributed by atoms with Gasteiger partial charge in [-0.25, -0.2) is 4.68 Å². The molecule has 0 aliphatic carbocycles. The van der Waals surface area contributed by atoms with Crippen LogP contribution in [-0.4, -0.2) is 19.1 Å². The third kappa shape index (κ3) is 3.44. The van der Waals surface area contributed by atoms with Crippen molar-refractivity contribution in [3.05, 3.63) is 78.6 Å². The fourth-order valence-electron chi connectivity index (χ4n) is 2.59. The van der Waals surface area contributed by atoms with Gasteiger partial charge in [-0.3, -0.25) is 0 Å². The largest absolute Gasteiger partial charge is 0.354 e. The van der Waals surface area contributed by atoms with Gasteiger partial charge in [0.05, 0.1) is 11.7 Å². The van der Waals surface area contributed by atoms with Crippen LogP contribution in [0.4, 0.5) is 5.13 Å². The van der Waals surface area contributed by atoms with E-state index < -0.39 is 0 Å². The van der Waals surface area contributed by atoms with Crippen LogP contribution in [0.15, 0.2) is 73.1 Å². The molecule has 0 saturated heterocycles. The second-order valence-corrected chi connectivity index (χ2v) is 6.45. The van der Waals surface area contributed by atoms with Gasteiger partial charge in [0, 0.05) is 29.5 Å². The number of hydrogen-bond acceptors (Lipinski definition) is 5. The molecule has 25 heavy (non-hydrogen) atoms. The highest BCUT2D eigenvalue weighted by molar-refractivity contribution is 7.09. The Balaban J connectivity index is 1.47. The van der Waals surface area contributed by atoms with Gasteiger partial charge in [0.2, 0.25) is 5.13 Å². The topological polar surface area (TPSA) is 55.6 Å². The maximum Gasteiger partial charge on any atom is 0.203 e. The molecule has 0 saturated carbocycles. The van der Waals surface area contributed by atoms with Crippen molar-refractivity contribution in [2.75, 3.05) is 5.32 Å². The smallest absolute Gasteiger partial charge is 0.203 e. The Bertz CT molecular complexity index is 930. The van der Waals surface area contributed by atoms with Crippen LogP contribution in [0.3, 0.4) is 0 Å². The first kappa shape index (κ1) is 15.5. The third-order valence-electron chi connectivity index (χ3n) is 3.96. The highest BCUT2D eigenvalue weighted by atomic mass is 32.1. The van der Waals surface area contributed by atoms with Gasteiger partial charge < -0.3 is 5.32 Å². The molecule has 0 aliphatic heterocycles. The van der Waals surface area contributed by atoms with E-state index in [4.69, 9.17) is 0 Å². The van der Waals surface area contributed by atoms with Crippen molar-refractivity contribution in [2.45, 2.75) is 13.0 Å². The molecule has 0 spiro atoms. The van der Waals surface area contributed by atoms with Crippen molar-refractivity contribution in [3.8, 4) is 17.1 Å². The zero-order valence-corrected chi connectivity index (χ0v) is 14.5. The monoisotopic (exact) mass is 347 g/mol. The maximum absolute atomic E-state index is 4.59. The van der Waals surface area contributed by atoms with Crippen LogP contribution in [0, 0.1) is 0 Å². The zero-order valence-electron chi connectivity index (χ0n) is 13.7. The minimum Gasteiger partial charge on any atom is -0.354 e. The second kappa shape index (κ2) is 6.86. The Hall–Kier alpha value is -2.99. The molecule has 0 aliphatic rings. The summed E-state index contributed by atoms with van der Waals surface area (Å²) in [4.78, 5) is 4.59. The summed E-state index contributed by atoms with van der Waals surface area (Å²) in [5.41, 5.74) is 3.26. The Morgan fingerprint density at radius 3 is 2.52 bits per heavy atom. The highest BCUT2D eigenvalue weighted by Gasteiger charge is 2.10. The lowest BCUT2D eigenvalue weighted by atomic mass is 10.1. The lowest BCUT2D eigenvalue weighted by Crippen LogP contribution is -2.06. The van der Waals surface area contributed by atoms with Crippen LogP contribution in [0.2, 0.25) is 0 Å². The molecular weight excluding hydrogens is 330 g/mol. The van der Waals surface area contributed by atoms with E-state index in [2.05, 4.69) is 51.0 Å². The van der Waals surface area contributed by atoms with Gasteiger partial charge in [-0.15, -0.1) is 0 Å². The molecule has 6 heteroatoms. The standard InChI is InChI=1S/C19H17N5S/c1-14(15-8-10-17(11-9-15)24-13-5-12-20-24)21-19-22-18(23-25-19)16-6-3-2-4-7-16/h2-14H,1H3,(H,21,22,23). The average molecular weight is 347 g/mol.